The minimum absolute atomic E-state index is 0.951. The lowest BCUT2D eigenvalue weighted by Gasteiger charge is -2.13. The van der Waals surface area contributed by atoms with Crippen molar-refractivity contribution in [3.05, 3.63) is 29.7 Å². The zero-order valence-electron chi connectivity index (χ0n) is 10.3. The molecule has 90 valence electrons. The fraction of sp³-hybridized carbons (Fsp3) is 0.538. The molecule has 0 aliphatic carbocycles. The summed E-state index contributed by atoms with van der Waals surface area (Å²) in [6.07, 6.45) is 5.80. The van der Waals surface area contributed by atoms with E-state index in [0.29, 0.717) is 0 Å². The molecule has 0 radical (unpaired) electrons. The standard InChI is InChI=1S/C13H18N4/c1-11-4-5-12-14-15-13(17(12)10-11)6-9-16-7-2-3-8-16/h4-5,10H,2-3,6-9H2,1H3. The minimum atomic E-state index is 0.951. The lowest BCUT2D eigenvalue weighted by molar-refractivity contribution is 0.340. The van der Waals surface area contributed by atoms with Gasteiger partial charge in [0.2, 0.25) is 0 Å². The van der Waals surface area contributed by atoms with Gasteiger partial charge in [-0.1, -0.05) is 6.07 Å². The van der Waals surface area contributed by atoms with E-state index in [1.54, 1.807) is 0 Å². The topological polar surface area (TPSA) is 33.4 Å². The van der Waals surface area contributed by atoms with Gasteiger partial charge in [0.25, 0.3) is 0 Å². The van der Waals surface area contributed by atoms with Gasteiger partial charge in [0.05, 0.1) is 0 Å². The molecule has 0 unspecified atom stereocenters. The quantitative estimate of drug-likeness (QED) is 0.804. The van der Waals surface area contributed by atoms with Gasteiger partial charge in [0, 0.05) is 19.2 Å². The summed E-state index contributed by atoms with van der Waals surface area (Å²) in [5.41, 5.74) is 2.20. The maximum atomic E-state index is 4.28. The van der Waals surface area contributed by atoms with Crippen LogP contribution in [0.3, 0.4) is 0 Å². The molecular formula is C13H18N4. The Morgan fingerprint density at radius 3 is 2.82 bits per heavy atom. The Labute approximate surface area is 101 Å². The van der Waals surface area contributed by atoms with E-state index in [4.69, 9.17) is 0 Å². The first-order chi connectivity index (χ1) is 8.33. The van der Waals surface area contributed by atoms with Crippen molar-refractivity contribution < 1.29 is 0 Å². The van der Waals surface area contributed by atoms with Crippen molar-refractivity contribution in [2.75, 3.05) is 19.6 Å². The van der Waals surface area contributed by atoms with Gasteiger partial charge in [-0.05, 0) is 44.5 Å². The average molecular weight is 230 g/mol. The van der Waals surface area contributed by atoms with Crippen molar-refractivity contribution in [3.8, 4) is 0 Å². The van der Waals surface area contributed by atoms with E-state index in [1.165, 1.54) is 31.5 Å². The molecule has 3 rings (SSSR count). The highest BCUT2D eigenvalue weighted by atomic mass is 15.2. The molecule has 0 atom stereocenters. The summed E-state index contributed by atoms with van der Waals surface area (Å²) in [5, 5.41) is 8.48. The molecule has 17 heavy (non-hydrogen) atoms. The van der Waals surface area contributed by atoms with Crippen LogP contribution in [0, 0.1) is 6.92 Å². The Hall–Kier alpha value is -1.42. The van der Waals surface area contributed by atoms with Crippen molar-refractivity contribution in [1.29, 1.82) is 0 Å². The molecule has 4 nitrogen and oxygen atoms in total. The zero-order chi connectivity index (χ0) is 11.7. The van der Waals surface area contributed by atoms with Gasteiger partial charge in [-0.15, -0.1) is 10.2 Å². The molecule has 1 aliphatic rings. The second-order valence-corrected chi connectivity index (χ2v) is 4.85. The van der Waals surface area contributed by atoms with Crippen molar-refractivity contribution in [2.45, 2.75) is 26.2 Å². The lowest BCUT2D eigenvalue weighted by Crippen LogP contribution is -2.22. The van der Waals surface area contributed by atoms with Crippen LogP contribution in [-0.2, 0) is 6.42 Å². The largest absolute Gasteiger partial charge is 0.303 e. The highest BCUT2D eigenvalue weighted by molar-refractivity contribution is 5.39. The third-order valence-corrected chi connectivity index (χ3v) is 3.47. The molecule has 1 saturated heterocycles. The Balaban J connectivity index is 1.77. The Morgan fingerprint density at radius 1 is 1.18 bits per heavy atom. The summed E-state index contributed by atoms with van der Waals surface area (Å²) >= 11 is 0. The number of nitrogens with zero attached hydrogens (tertiary/aromatic N) is 4. The molecule has 0 aromatic carbocycles. The number of likely N-dealkylation sites (tertiary alicyclic amines) is 1. The molecule has 0 spiro atoms. The number of rotatable bonds is 3. The fourth-order valence-corrected chi connectivity index (χ4v) is 2.48. The number of aryl methyl sites for hydroxylation is 1. The summed E-state index contributed by atoms with van der Waals surface area (Å²) < 4.78 is 2.12. The molecule has 0 saturated carbocycles. The van der Waals surface area contributed by atoms with E-state index >= 15 is 0 Å². The Kier molecular flexibility index (Phi) is 2.81. The second kappa shape index (κ2) is 4.45. The molecule has 1 fully saturated rings. The van der Waals surface area contributed by atoms with Gasteiger partial charge >= 0.3 is 0 Å². The Bertz CT molecular complexity index is 511. The second-order valence-electron chi connectivity index (χ2n) is 4.85. The van der Waals surface area contributed by atoms with Gasteiger partial charge in [-0.2, -0.15) is 0 Å². The third kappa shape index (κ3) is 2.17. The van der Waals surface area contributed by atoms with E-state index < -0.39 is 0 Å². The third-order valence-electron chi connectivity index (χ3n) is 3.47. The van der Waals surface area contributed by atoms with Crippen LogP contribution in [0.4, 0.5) is 0 Å². The van der Waals surface area contributed by atoms with E-state index in [9.17, 15) is 0 Å². The minimum Gasteiger partial charge on any atom is -0.303 e. The first-order valence-corrected chi connectivity index (χ1v) is 6.35. The number of hydrogen-bond donors (Lipinski definition) is 0. The summed E-state index contributed by atoms with van der Waals surface area (Å²) in [7, 11) is 0. The van der Waals surface area contributed by atoms with Crippen LogP contribution in [0.2, 0.25) is 0 Å². The molecule has 0 amide bonds. The van der Waals surface area contributed by atoms with Crippen molar-refractivity contribution in [3.63, 3.8) is 0 Å². The van der Waals surface area contributed by atoms with E-state index in [0.717, 1.165) is 24.4 Å². The summed E-state index contributed by atoms with van der Waals surface area (Å²) in [5.74, 6) is 1.08. The number of aromatic nitrogens is 3. The zero-order valence-corrected chi connectivity index (χ0v) is 10.3. The molecule has 0 bridgehead atoms. The smallest absolute Gasteiger partial charge is 0.160 e. The first kappa shape index (κ1) is 10.7. The van der Waals surface area contributed by atoms with Crippen molar-refractivity contribution in [2.24, 2.45) is 0 Å². The van der Waals surface area contributed by atoms with Crippen LogP contribution < -0.4 is 0 Å². The monoisotopic (exact) mass is 230 g/mol. The van der Waals surface area contributed by atoms with Gasteiger partial charge in [0.15, 0.2) is 5.65 Å². The molecule has 0 N–H and O–H groups in total. The lowest BCUT2D eigenvalue weighted by atomic mass is 10.3. The molecule has 3 heterocycles. The summed E-state index contributed by atoms with van der Waals surface area (Å²) in [6, 6.07) is 4.11. The molecular weight excluding hydrogens is 212 g/mol. The van der Waals surface area contributed by atoms with E-state index in [1.807, 2.05) is 6.07 Å². The fourth-order valence-electron chi connectivity index (χ4n) is 2.48. The van der Waals surface area contributed by atoms with E-state index in [-0.39, 0.29) is 0 Å². The van der Waals surface area contributed by atoms with Gasteiger partial charge in [0.1, 0.15) is 5.82 Å². The van der Waals surface area contributed by atoms with E-state index in [2.05, 4.69) is 38.7 Å². The normalized spacial score (nSPS) is 17.0. The number of fused-ring (bicyclic) bond motifs is 1. The van der Waals surface area contributed by atoms with Crippen LogP contribution in [0.25, 0.3) is 5.65 Å². The maximum Gasteiger partial charge on any atom is 0.160 e. The first-order valence-electron chi connectivity index (χ1n) is 6.35. The molecule has 2 aromatic heterocycles. The van der Waals surface area contributed by atoms with Crippen LogP contribution in [0.1, 0.15) is 24.2 Å². The van der Waals surface area contributed by atoms with Gasteiger partial charge in [-0.3, -0.25) is 4.40 Å². The van der Waals surface area contributed by atoms with Gasteiger partial charge < -0.3 is 4.90 Å². The molecule has 4 heteroatoms. The summed E-state index contributed by atoms with van der Waals surface area (Å²) in [6.45, 7) is 5.70. The van der Waals surface area contributed by atoms with Gasteiger partial charge in [-0.25, -0.2) is 0 Å². The van der Waals surface area contributed by atoms with Crippen LogP contribution in [0.5, 0.6) is 0 Å². The summed E-state index contributed by atoms with van der Waals surface area (Å²) in [4.78, 5) is 2.51. The number of pyridine rings is 1. The predicted molar refractivity (Wildman–Crippen MR) is 67.1 cm³/mol. The highest BCUT2D eigenvalue weighted by Crippen LogP contribution is 2.10. The average Bonchev–Trinajstić information content (AvgIpc) is 2.94. The number of hydrogen-bond acceptors (Lipinski definition) is 3. The molecule has 2 aromatic rings. The maximum absolute atomic E-state index is 4.28. The van der Waals surface area contributed by atoms with Crippen molar-refractivity contribution >= 4 is 5.65 Å². The SMILES string of the molecule is Cc1ccc2nnc(CCN3CCCC3)n2c1. The van der Waals surface area contributed by atoms with Crippen LogP contribution >= 0.6 is 0 Å². The highest BCUT2D eigenvalue weighted by Gasteiger charge is 2.13. The predicted octanol–water partition coefficient (Wildman–Crippen LogP) is 1.68. The molecule has 1 aliphatic heterocycles. The van der Waals surface area contributed by atoms with Crippen LogP contribution in [-0.4, -0.2) is 39.1 Å². The Morgan fingerprint density at radius 2 is 2.00 bits per heavy atom. The van der Waals surface area contributed by atoms with Crippen molar-refractivity contribution in [1.82, 2.24) is 19.5 Å². The van der Waals surface area contributed by atoms with Crippen LogP contribution in [0.15, 0.2) is 18.3 Å².